The smallest absolute Gasteiger partial charge is 0.245 e. The van der Waals surface area contributed by atoms with Crippen LogP contribution in [-0.4, -0.2) is 34.8 Å². The number of aryl methyl sites for hydroxylation is 1. The second kappa shape index (κ2) is 9.50. The highest BCUT2D eigenvalue weighted by Gasteiger charge is 2.16. The van der Waals surface area contributed by atoms with E-state index in [0.717, 1.165) is 30.6 Å². The Kier molecular flexibility index (Phi) is 7.97. The molecule has 0 bridgehead atoms. The largest absolute Gasteiger partial charge is 0.333 e. The Bertz CT molecular complexity index is 460. The number of amides is 2. The van der Waals surface area contributed by atoms with E-state index >= 15 is 0 Å². The summed E-state index contributed by atoms with van der Waals surface area (Å²) in [7, 11) is 0. The van der Waals surface area contributed by atoms with Gasteiger partial charge in [-0.05, 0) is 19.8 Å². The lowest BCUT2D eigenvalue weighted by atomic mass is 10.2. The molecule has 5 nitrogen and oxygen atoms in total. The summed E-state index contributed by atoms with van der Waals surface area (Å²) in [5.74, 6) is -0.121. The zero-order valence-corrected chi connectivity index (χ0v) is 14.0. The number of hydrogen-bond acceptors (Lipinski definition) is 4. The molecule has 2 amide bonds. The van der Waals surface area contributed by atoms with Gasteiger partial charge < -0.3 is 10.2 Å². The van der Waals surface area contributed by atoms with Gasteiger partial charge in [0.15, 0.2) is 5.13 Å². The summed E-state index contributed by atoms with van der Waals surface area (Å²) in [6.45, 7) is 6.80. The van der Waals surface area contributed by atoms with E-state index < -0.39 is 0 Å². The molecule has 0 unspecified atom stereocenters. The number of unbranched alkanes of at least 4 members (excludes halogenated alkanes) is 2. The van der Waals surface area contributed by atoms with E-state index in [-0.39, 0.29) is 18.4 Å². The van der Waals surface area contributed by atoms with Crippen molar-refractivity contribution in [3.63, 3.8) is 0 Å². The third-order valence-electron chi connectivity index (χ3n) is 3.05. The second-order valence-electron chi connectivity index (χ2n) is 5.10. The van der Waals surface area contributed by atoms with Crippen molar-refractivity contribution < 1.29 is 9.59 Å². The van der Waals surface area contributed by atoms with Gasteiger partial charge in [-0.25, -0.2) is 4.98 Å². The van der Waals surface area contributed by atoms with E-state index in [0.29, 0.717) is 18.1 Å². The first kappa shape index (κ1) is 17.6. The molecule has 0 radical (unpaired) electrons. The number of nitrogens with zero attached hydrogens (tertiary/aromatic N) is 2. The summed E-state index contributed by atoms with van der Waals surface area (Å²) >= 11 is 1.44. The van der Waals surface area contributed by atoms with Crippen molar-refractivity contribution in [2.24, 2.45) is 0 Å². The van der Waals surface area contributed by atoms with Crippen LogP contribution in [0.2, 0.25) is 0 Å². The van der Waals surface area contributed by atoms with Crippen LogP contribution in [0.25, 0.3) is 0 Å². The summed E-state index contributed by atoms with van der Waals surface area (Å²) in [4.78, 5) is 30.9. The SMILES string of the molecule is CCCCCN(CC(=O)Nc1ncc(C)s1)C(=O)CCC. The molecule has 1 heterocycles. The van der Waals surface area contributed by atoms with Gasteiger partial charge in [-0.15, -0.1) is 11.3 Å². The molecule has 21 heavy (non-hydrogen) atoms. The standard InChI is InChI=1S/C15H25N3O2S/c1-4-6-7-9-18(14(20)8-5-2)11-13(19)17-15-16-10-12(3)21-15/h10H,4-9,11H2,1-3H3,(H,16,17,19). The van der Waals surface area contributed by atoms with Crippen molar-refractivity contribution in [3.8, 4) is 0 Å². The molecule has 0 spiro atoms. The summed E-state index contributed by atoms with van der Waals surface area (Å²) in [6, 6.07) is 0. The van der Waals surface area contributed by atoms with E-state index in [1.807, 2.05) is 13.8 Å². The summed E-state index contributed by atoms with van der Waals surface area (Å²) in [5.41, 5.74) is 0. The minimum atomic E-state index is -0.176. The fourth-order valence-electron chi connectivity index (χ4n) is 1.96. The van der Waals surface area contributed by atoms with Gasteiger partial charge in [0.1, 0.15) is 0 Å². The average Bonchev–Trinajstić information content (AvgIpc) is 2.83. The number of anilines is 1. The van der Waals surface area contributed by atoms with Gasteiger partial charge >= 0.3 is 0 Å². The molecular formula is C15H25N3O2S. The van der Waals surface area contributed by atoms with Crippen molar-refractivity contribution in [2.45, 2.75) is 52.9 Å². The quantitative estimate of drug-likeness (QED) is 0.712. The molecule has 0 aliphatic carbocycles. The van der Waals surface area contributed by atoms with E-state index in [1.54, 1.807) is 11.1 Å². The van der Waals surface area contributed by atoms with Crippen LogP contribution < -0.4 is 5.32 Å². The third-order valence-corrected chi connectivity index (χ3v) is 3.88. The topological polar surface area (TPSA) is 62.3 Å². The van der Waals surface area contributed by atoms with Crippen molar-refractivity contribution in [1.29, 1.82) is 0 Å². The predicted molar refractivity (Wildman–Crippen MR) is 86.5 cm³/mol. The fourth-order valence-corrected chi connectivity index (χ4v) is 2.64. The van der Waals surface area contributed by atoms with Crippen LogP contribution >= 0.6 is 11.3 Å². The molecule has 0 aliphatic heterocycles. The van der Waals surface area contributed by atoms with Gasteiger partial charge in [0.2, 0.25) is 11.8 Å². The molecule has 6 heteroatoms. The maximum atomic E-state index is 12.1. The van der Waals surface area contributed by atoms with Crippen molar-refractivity contribution in [2.75, 3.05) is 18.4 Å². The lowest BCUT2D eigenvalue weighted by molar-refractivity contribution is -0.134. The maximum Gasteiger partial charge on any atom is 0.245 e. The number of carbonyl (C=O) groups is 2. The first-order valence-corrected chi connectivity index (χ1v) is 8.38. The van der Waals surface area contributed by atoms with Crippen LogP contribution in [0, 0.1) is 6.92 Å². The number of carbonyl (C=O) groups excluding carboxylic acids is 2. The molecule has 1 rings (SSSR count). The Balaban J connectivity index is 2.53. The first-order chi connectivity index (χ1) is 10.1. The number of aromatic nitrogens is 1. The monoisotopic (exact) mass is 311 g/mol. The Morgan fingerprint density at radius 1 is 1.29 bits per heavy atom. The molecule has 118 valence electrons. The number of hydrogen-bond donors (Lipinski definition) is 1. The van der Waals surface area contributed by atoms with E-state index in [2.05, 4.69) is 17.2 Å². The van der Waals surface area contributed by atoms with Gasteiger partial charge in [-0.2, -0.15) is 0 Å². The molecule has 0 atom stereocenters. The minimum absolute atomic E-state index is 0.0547. The fraction of sp³-hybridized carbons (Fsp3) is 0.667. The molecule has 1 aromatic rings. The van der Waals surface area contributed by atoms with Crippen LogP contribution in [0.4, 0.5) is 5.13 Å². The number of thiazole rings is 1. The van der Waals surface area contributed by atoms with Gasteiger partial charge in [-0.3, -0.25) is 9.59 Å². The third kappa shape index (κ3) is 6.71. The van der Waals surface area contributed by atoms with E-state index in [9.17, 15) is 9.59 Å². The molecule has 0 aliphatic rings. The molecular weight excluding hydrogens is 286 g/mol. The summed E-state index contributed by atoms with van der Waals surface area (Å²) in [6.07, 6.45) is 6.13. The highest BCUT2D eigenvalue weighted by atomic mass is 32.1. The van der Waals surface area contributed by atoms with Gasteiger partial charge in [0.05, 0.1) is 6.54 Å². The van der Waals surface area contributed by atoms with E-state index in [4.69, 9.17) is 0 Å². The number of rotatable bonds is 9. The zero-order chi connectivity index (χ0) is 15.7. The van der Waals surface area contributed by atoms with Crippen LogP contribution in [-0.2, 0) is 9.59 Å². The summed E-state index contributed by atoms with van der Waals surface area (Å²) < 4.78 is 0. The van der Waals surface area contributed by atoms with Crippen LogP contribution in [0.5, 0.6) is 0 Å². The van der Waals surface area contributed by atoms with Crippen molar-refractivity contribution >= 4 is 28.3 Å². The van der Waals surface area contributed by atoms with Gasteiger partial charge in [0.25, 0.3) is 0 Å². The molecule has 1 aromatic heterocycles. The van der Waals surface area contributed by atoms with Crippen molar-refractivity contribution in [1.82, 2.24) is 9.88 Å². The minimum Gasteiger partial charge on any atom is -0.333 e. The maximum absolute atomic E-state index is 12.1. The molecule has 0 fully saturated rings. The van der Waals surface area contributed by atoms with Crippen molar-refractivity contribution in [3.05, 3.63) is 11.1 Å². The Labute approximate surface area is 130 Å². The molecule has 0 aromatic carbocycles. The average molecular weight is 311 g/mol. The highest BCUT2D eigenvalue weighted by molar-refractivity contribution is 7.15. The van der Waals surface area contributed by atoms with Gasteiger partial charge in [-0.1, -0.05) is 26.7 Å². The highest BCUT2D eigenvalue weighted by Crippen LogP contribution is 2.16. The molecule has 0 saturated heterocycles. The van der Waals surface area contributed by atoms with Crippen LogP contribution in [0.3, 0.4) is 0 Å². The Morgan fingerprint density at radius 3 is 2.62 bits per heavy atom. The molecule has 0 saturated carbocycles. The van der Waals surface area contributed by atoms with E-state index in [1.165, 1.54) is 11.3 Å². The van der Waals surface area contributed by atoms with Gasteiger partial charge in [0, 0.05) is 24.0 Å². The molecule has 1 N–H and O–H groups in total. The van der Waals surface area contributed by atoms with Crippen LogP contribution in [0.1, 0.15) is 50.8 Å². The number of nitrogens with one attached hydrogen (secondary N) is 1. The summed E-state index contributed by atoms with van der Waals surface area (Å²) in [5, 5.41) is 3.35. The zero-order valence-electron chi connectivity index (χ0n) is 13.1. The second-order valence-corrected chi connectivity index (χ2v) is 6.33. The Morgan fingerprint density at radius 2 is 2.05 bits per heavy atom. The normalized spacial score (nSPS) is 10.4. The first-order valence-electron chi connectivity index (χ1n) is 7.56. The van der Waals surface area contributed by atoms with Crippen LogP contribution in [0.15, 0.2) is 6.20 Å². The predicted octanol–water partition coefficient (Wildman–Crippen LogP) is 3.21. The lowest BCUT2D eigenvalue weighted by Crippen LogP contribution is -2.38. The Hall–Kier alpha value is -1.43. The lowest BCUT2D eigenvalue weighted by Gasteiger charge is -2.21.